The molecule has 2 aromatic carbocycles. The molecule has 0 fully saturated rings. The molecule has 0 atom stereocenters. The van der Waals surface area contributed by atoms with E-state index in [1.165, 1.54) is 11.3 Å². The second kappa shape index (κ2) is 9.55. The Morgan fingerprint density at radius 3 is 2.45 bits per heavy atom. The van der Waals surface area contributed by atoms with Crippen molar-refractivity contribution in [1.29, 1.82) is 0 Å². The zero-order valence-corrected chi connectivity index (χ0v) is 17.5. The van der Waals surface area contributed by atoms with Crippen LogP contribution in [0.3, 0.4) is 0 Å². The molecule has 3 rings (SSSR count). The quantitative estimate of drug-likeness (QED) is 0.409. The molecule has 0 aliphatic carbocycles. The minimum atomic E-state index is -0.475. The molecule has 2 amide bonds. The van der Waals surface area contributed by atoms with E-state index >= 15 is 0 Å². The van der Waals surface area contributed by atoms with Crippen molar-refractivity contribution < 1.29 is 19.1 Å². The lowest BCUT2D eigenvalue weighted by atomic mass is 10.2. The van der Waals surface area contributed by atoms with E-state index in [1.54, 1.807) is 31.4 Å². The predicted octanol–water partition coefficient (Wildman–Crippen LogP) is 3.28. The molecule has 0 saturated carbocycles. The van der Waals surface area contributed by atoms with Crippen LogP contribution in [0.1, 0.15) is 9.67 Å². The highest BCUT2D eigenvalue weighted by molar-refractivity contribution is 7.80. The van der Waals surface area contributed by atoms with Gasteiger partial charge in [0, 0.05) is 10.1 Å². The fourth-order valence-electron chi connectivity index (χ4n) is 2.33. The number of amides is 2. The molecule has 29 heavy (non-hydrogen) atoms. The number of fused-ring (bicyclic) bond motifs is 1. The summed E-state index contributed by atoms with van der Waals surface area (Å²) in [6, 6.07) is 14.2. The van der Waals surface area contributed by atoms with Crippen LogP contribution < -0.4 is 25.6 Å². The zero-order valence-electron chi connectivity index (χ0n) is 15.2. The van der Waals surface area contributed by atoms with Crippen LogP contribution in [0.5, 0.6) is 11.5 Å². The second-order valence-corrected chi connectivity index (χ2v) is 7.50. The number of rotatable bonds is 5. The average Bonchev–Trinajstić information content (AvgIpc) is 3.08. The minimum Gasteiger partial charge on any atom is -0.497 e. The van der Waals surface area contributed by atoms with Crippen molar-refractivity contribution in [3.05, 3.63) is 58.4 Å². The zero-order chi connectivity index (χ0) is 20.8. The molecule has 150 valence electrons. The number of hydrazine groups is 1. The second-order valence-electron chi connectivity index (χ2n) is 5.66. The highest BCUT2D eigenvalue weighted by Gasteiger charge is 2.18. The van der Waals surface area contributed by atoms with Crippen molar-refractivity contribution in [2.24, 2.45) is 0 Å². The molecule has 0 aliphatic rings. The van der Waals surface area contributed by atoms with Crippen molar-refractivity contribution in [3.8, 4) is 11.5 Å². The Morgan fingerprint density at radius 2 is 1.76 bits per heavy atom. The maximum Gasteiger partial charge on any atom is 0.276 e. The van der Waals surface area contributed by atoms with Gasteiger partial charge in [0.15, 0.2) is 11.7 Å². The Bertz CT molecular complexity index is 1050. The van der Waals surface area contributed by atoms with Crippen LogP contribution in [0, 0.1) is 0 Å². The topological polar surface area (TPSA) is 88.7 Å². The number of thiophene rings is 1. The normalized spacial score (nSPS) is 10.3. The first-order chi connectivity index (χ1) is 14.0. The third kappa shape index (κ3) is 5.35. The van der Waals surface area contributed by atoms with Gasteiger partial charge in [-0.3, -0.25) is 25.8 Å². The maximum absolute atomic E-state index is 12.4. The van der Waals surface area contributed by atoms with E-state index in [-0.39, 0.29) is 11.7 Å². The molecular formula is C19H16ClN3O4S2. The van der Waals surface area contributed by atoms with Gasteiger partial charge in [0.05, 0.1) is 12.1 Å². The first-order valence-corrected chi connectivity index (χ1v) is 9.92. The molecule has 0 saturated heterocycles. The molecule has 0 radical (unpaired) electrons. The fraction of sp³-hybridized carbons (Fsp3) is 0.105. The number of carbonyl (C=O) groups excluding carboxylic acids is 2. The molecule has 0 bridgehead atoms. The van der Waals surface area contributed by atoms with Crippen LogP contribution in [0.4, 0.5) is 0 Å². The summed E-state index contributed by atoms with van der Waals surface area (Å²) in [7, 11) is 1.56. The summed E-state index contributed by atoms with van der Waals surface area (Å²) in [6.07, 6.45) is 0. The van der Waals surface area contributed by atoms with Crippen LogP contribution in [0.25, 0.3) is 10.1 Å². The number of benzene rings is 2. The Kier molecular flexibility index (Phi) is 6.86. The summed E-state index contributed by atoms with van der Waals surface area (Å²) < 4.78 is 11.3. The number of nitrogens with one attached hydrogen (secondary N) is 3. The van der Waals surface area contributed by atoms with E-state index in [9.17, 15) is 9.59 Å². The van der Waals surface area contributed by atoms with E-state index in [2.05, 4.69) is 16.2 Å². The van der Waals surface area contributed by atoms with Crippen LogP contribution >= 0.6 is 35.2 Å². The van der Waals surface area contributed by atoms with Gasteiger partial charge in [-0.2, -0.15) is 0 Å². The van der Waals surface area contributed by atoms with E-state index in [0.717, 1.165) is 10.1 Å². The van der Waals surface area contributed by atoms with Gasteiger partial charge in [-0.15, -0.1) is 11.3 Å². The summed E-state index contributed by atoms with van der Waals surface area (Å²) in [5.41, 5.74) is 4.80. The largest absolute Gasteiger partial charge is 0.497 e. The van der Waals surface area contributed by atoms with Gasteiger partial charge in [-0.1, -0.05) is 29.8 Å². The molecule has 7 nitrogen and oxygen atoms in total. The lowest BCUT2D eigenvalue weighted by Crippen LogP contribution is -2.49. The van der Waals surface area contributed by atoms with Gasteiger partial charge in [-0.05, 0) is 42.5 Å². The molecule has 10 heteroatoms. The summed E-state index contributed by atoms with van der Waals surface area (Å²) in [4.78, 5) is 24.6. The van der Waals surface area contributed by atoms with Gasteiger partial charge in [0.1, 0.15) is 16.4 Å². The van der Waals surface area contributed by atoms with Gasteiger partial charge in [0.25, 0.3) is 11.8 Å². The molecule has 0 aliphatic heterocycles. The van der Waals surface area contributed by atoms with E-state index in [4.69, 9.17) is 33.3 Å². The number of ether oxygens (including phenoxy) is 2. The lowest BCUT2D eigenvalue weighted by Gasteiger charge is -2.11. The van der Waals surface area contributed by atoms with Crippen LogP contribution in [-0.4, -0.2) is 30.6 Å². The van der Waals surface area contributed by atoms with Crippen molar-refractivity contribution in [2.45, 2.75) is 0 Å². The third-order valence-electron chi connectivity index (χ3n) is 3.71. The van der Waals surface area contributed by atoms with E-state index in [0.29, 0.717) is 21.4 Å². The maximum atomic E-state index is 12.4. The Hall–Kier alpha value is -2.88. The smallest absolute Gasteiger partial charge is 0.276 e. The Balaban J connectivity index is 1.46. The van der Waals surface area contributed by atoms with Crippen molar-refractivity contribution in [1.82, 2.24) is 16.2 Å². The SMILES string of the molecule is COc1ccc(OCC(=O)NNC(=S)NC(=O)c2sc3ccccc3c2Cl)cc1. The molecule has 1 aromatic heterocycles. The predicted molar refractivity (Wildman–Crippen MR) is 117 cm³/mol. The lowest BCUT2D eigenvalue weighted by molar-refractivity contribution is -0.123. The van der Waals surface area contributed by atoms with Crippen LogP contribution in [-0.2, 0) is 4.79 Å². The summed E-state index contributed by atoms with van der Waals surface area (Å²) in [6.45, 7) is -0.238. The van der Waals surface area contributed by atoms with Crippen molar-refractivity contribution in [2.75, 3.05) is 13.7 Å². The molecule has 3 aromatic rings. The number of carbonyl (C=O) groups is 2. The van der Waals surface area contributed by atoms with E-state index in [1.807, 2.05) is 24.3 Å². The number of thiocarbonyl (C=S) groups is 1. The Labute approximate surface area is 180 Å². The van der Waals surface area contributed by atoms with Crippen LogP contribution in [0.15, 0.2) is 48.5 Å². The molecular weight excluding hydrogens is 434 g/mol. The number of halogens is 1. The first-order valence-electron chi connectivity index (χ1n) is 8.32. The standard InChI is InChI=1S/C19H16ClN3O4S2/c1-26-11-6-8-12(9-7-11)27-10-15(24)22-23-19(28)21-18(25)17-16(20)13-4-2-3-5-14(13)29-17/h2-9H,10H2,1H3,(H,22,24)(H2,21,23,25,28). The molecule has 0 spiro atoms. The monoisotopic (exact) mass is 449 g/mol. The van der Waals surface area contributed by atoms with Crippen molar-refractivity contribution in [3.63, 3.8) is 0 Å². The van der Waals surface area contributed by atoms with Crippen molar-refractivity contribution >= 4 is 62.2 Å². The molecule has 1 heterocycles. The van der Waals surface area contributed by atoms with Gasteiger partial charge < -0.3 is 9.47 Å². The average molecular weight is 450 g/mol. The van der Waals surface area contributed by atoms with Gasteiger partial charge in [0.2, 0.25) is 0 Å². The number of hydrogen-bond acceptors (Lipinski definition) is 6. The fourth-order valence-corrected chi connectivity index (χ4v) is 3.89. The number of hydrogen-bond donors (Lipinski definition) is 3. The van der Waals surface area contributed by atoms with Gasteiger partial charge in [-0.25, -0.2) is 0 Å². The first kappa shape index (κ1) is 20.8. The minimum absolute atomic E-state index is 0.0682. The summed E-state index contributed by atoms with van der Waals surface area (Å²) >= 11 is 12.6. The summed E-state index contributed by atoms with van der Waals surface area (Å²) in [5, 5.41) is 3.57. The Morgan fingerprint density at radius 1 is 1.07 bits per heavy atom. The third-order valence-corrected chi connectivity index (χ3v) is 5.59. The van der Waals surface area contributed by atoms with E-state index < -0.39 is 11.8 Å². The van der Waals surface area contributed by atoms with Gasteiger partial charge >= 0.3 is 0 Å². The highest BCUT2D eigenvalue weighted by atomic mass is 35.5. The molecule has 0 unspecified atom stereocenters. The molecule has 3 N–H and O–H groups in total. The highest BCUT2D eigenvalue weighted by Crippen LogP contribution is 2.34. The summed E-state index contributed by atoms with van der Waals surface area (Å²) in [5.74, 6) is 0.259. The number of methoxy groups -OCH3 is 1. The van der Waals surface area contributed by atoms with Crippen LogP contribution in [0.2, 0.25) is 5.02 Å².